The lowest BCUT2D eigenvalue weighted by atomic mass is 9.42. The molecule has 3 heterocycles. The number of aryl methyl sites for hydroxylation is 1. The number of hydrogen-bond donors (Lipinski definition) is 0. The van der Waals surface area contributed by atoms with E-state index in [1.165, 1.54) is 95.0 Å². The molecule has 6 aromatic carbocycles. The Balaban J connectivity index is 1.33. The molecule has 0 fully saturated rings. The standard InChI is InChI=1S/C47H43BN2/c1-28-24-34-33-26-32-31-14-9-10-15-35(31)46(5,6)38(32)27-41(33)50(30-22-20-29(21-23-30)45(2,3)4)48-39-18-13-17-37-44(39)49(42(25-28)43(34)48)40-19-12-11-16-36(40)47(37,7)8/h9-27H,1-8H3. The summed E-state index contributed by atoms with van der Waals surface area (Å²) in [5.74, 6) is 0. The van der Waals surface area contributed by atoms with Crippen LogP contribution >= 0.6 is 0 Å². The van der Waals surface area contributed by atoms with E-state index in [1.54, 1.807) is 0 Å². The van der Waals surface area contributed by atoms with Gasteiger partial charge < -0.3 is 9.71 Å². The molecule has 3 heteroatoms. The number of benzene rings is 6. The van der Waals surface area contributed by atoms with Gasteiger partial charge in [-0.05, 0) is 110 Å². The molecule has 0 unspecified atom stereocenters. The zero-order valence-corrected chi connectivity index (χ0v) is 30.4. The molecule has 0 saturated carbocycles. The molecule has 0 radical (unpaired) electrons. The van der Waals surface area contributed by atoms with E-state index in [9.17, 15) is 0 Å². The summed E-state index contributed by atoms with van der Waals surface area (Å²) < 4.78 is 0. The Labute approximate surface area is 297 Å². The van der Waals surface area contributed by atoms with Crippen molar-refractivity contribution in [3.63, 3.8) is 0 Å². The highest BCUT2D eigenvalue weighted by Gasteiger charge is 2.50. The molecule has 0 N–H and O–H groups in total. The highest BCUT2D eigenvalue weighted by Crippen LogP contribution is 2.57. The fourth-order valence-electron chi connectivity index (χ4n) is 9.85. The summed E-state index contributed by atoms with van der Waals surface area (Å²) in [5.41, 5.74) is 22.7. The second-order valence-electron chi connectivity index (χ2n) is 17.1. The van der Waals surface area contributed by atoms with Crippen LogP contribution in [0.2, 0.25) is 0 Å². The molecule has 0 amide bonds. The largest absolute Gasteiger partial charge is 0.376 e. The SMILES string of the molecule is Cc1cc2c3c(c1)N1c4ccccc4C(C)(C)c4cccc(c41)B3N(c1ccc(C(C)(C)C)cc1)c1cc3c(cc1-2)-c1ccccc1C3(C)C. The minimum absolute atomic E-state index is 0.0192. The van der Waals surface area contributed by atoms with Crippen LogP contribution in [-0.4, -0.2) is 6.85 Å². The first-order chi connectivity index (χ1) is 23.9. The van der Waals surface area contributed by atoms with Crippen LogP contribution in [0.15, 0.2) is 115 Å². The van der Waals surface area contributed by atoms with Crippen LogP contribution in [0.25, 0.3) is 22.3 Å². The maximum absolute atomic E-state index is 2.68. The summed E-state index contributed by atoms with van der Waals surface area (Å²) in [6, 6.07) is 44.6. The molecule has 10 rings (SSSR count). The molecule has 0 spiro atoms. The summed E-state index contributed by atoms with van der Waals surface area (Å²) in [7, 11) is 0. The van der Waals surface area contributed by atoms with Crippen molar-refractivity contribution in [2.75, 3.05) is 9.71 Å². The third kappa shape index (κ3) is 3.71. The molecule has 1 aliphatic carbocycles. The van der Waals surface area contributed by atoms with E-state index in [-0.39, 0.29) is 23.1 Å². The fourth-order valence-corrected chi connectivity index (χ4v) is 9.85. The second-order valence-corrected chi connectivity index (χ2v) is 17.1. The van der Waals surface area contributed by atoms with Gasteiger partial charge in [0.2, 0.25) is 0 Å². The van der Waals surface area contributed by atoms with Crippen LogP contribution < -0.4 is 20.6 Å². The van der Waals surface area contributed by atoms with Gasteiger partial charge in [0.1, 0.15) is 0 Å². The highest BCUT2D eigenvalue weighted by molar-refractivity contribution is 6.93. The van der Waals surface area contributed by atoms with Gasteiger partial charge in [-0.25, -0.2) is 0 Å². The monoisotopic (exact) mass is 646 g/mol. The van der Waals surface area contributed by atoms with E-state index in [2.05, 4.69) is 180 Å². The Morgan fingerprint density at radius 3 is 1.98 bits per heavy atom. The van der Waals surface area contributed by atoms with Gasteiger partial charge in [0.25, 0.3) is 0 Å². The van der Waals surface area contributed by atoms with Crippen molar-refractivity contribution in [2.24, 2.45) is 0 Å². The summed E-state index contributed by atoms with van der Waals surface area (Å²) >= 11 is 0. The van der Waals surface area contributed by atoms with Crippen molar-refractivity contribution < 1.29 is 0 Å². The third-order valence-electron chi connectivity index (χ3n) is 12.4. The summed E-state index contributed by atoms with van der Waals surface area (Å²) in [5, 5.41) is 0. The lowest BCUT2D eigenvalue weighted by Gasteiger charge is -2.50. The maximum Gasteiger partial charge on any atom is 0.333 e. The first-order valence-electron chi connectivity index (χ1n) is 18.2. The van der Waals surface area contributed by atoms with Gasteiger partial charge in [0.05, 0.1) is 5.69 Å². The highest BCUT2D eigenvalue weighted by atomic mass is 15.2. The summed E-state index contributed by atoms with van der Waals surface area (Å²) in [4.78, 5) is 5.29. The van der Waals surface area contributed by atoms with Gasteiger partial charge in [-0.2, -0.15) is 0 Å². The van der Waals surface area contributed by atoms with Crippen LogP contribution in [0.1, 0.15) is 81.8 Å². The van der Waals surface area contributed by atoms with Gasteiger partial charge in [-0.1, -0.05) is 127 Å². The van der Waals surface area contributed by atoms with Crippen molar-refractivity contribution in [2.45, 2.75) is 71.6 Å². The first kappa shape index (κ1) is 29.9. The van der Waals surface area contributed by atoms with E-state index < -0.39 is 0 Å². The van der Waals surface area contributed by atoms with Crippen molar-refractivity contribution in [1.29, 1.82) is 0 Å². The lowest BCUT2D eigenvalue weighted by Crippen LogP contribution is -2.62. The molecular formula is C47H43BN2. The van der Waals surface area contributed by atoms with Crippen LogP contribution in [-0.2, 0) is 16.2 Å². The van der Waals surface area contributed by atoms with Gasteiger partial charge in [0.15, 0.2) is 0 Å². The molecule has 4 aliphatic rings. The molecule has 0 saturated heterocycles. The van der Waals surface area contributed by atoms with E-state index >= 15 is 0 Å². The molecule has 50 heavy (non-hydrogen) atoms. The Morgan fingerprint density at radius 2 is 1.22 bits per heavy atom. The molecule has 3 aliphatic heterocycles. The first-order valence-corrected chi connectivity index (χ1v) is 18.2. The topological polar surface area (TPSA) is 6.48 Å². The molecule has 0 aromatic heterocycles. The lowest BCUT2D eigenvalue weighted by molar-refractivity contribution is 0.590. The van der Waals surface area contributed by atoms with Gasteiger partial charge in [-0.15, -0.1) is 0 Å². The Hall–Kier alpha value is -5.02. The van der Waals surface area contributed by atoms with E-state index in [0.717, 1.165) is 0 Å². The Kier molecular flexibility index (Phi) is 5.74. The molecule has 0 atom stereocenters. The Bertz CT molecular complexity index is 2440. The number of hydrogen-bond acceptors (Lipinski definition) is 2. The van der Waals surface area contributed by atoms with Gasteiger partial charge in [-0.3, -0.25) is 0 Å². The van der Waals surface area contributed by atoms with Crippen molar-refractivity contribution in [3.8, 4) is 22.3 Å². The normalized spacial score (nSPS) is 16.6. The number of para-hydroxylation sites is 2. The number of anilines is 5. The Morgan fingerprint density at radius 1 is 0.540 bits per heavy atom. The predicted octanol–water partition coefficient (Wildman–Crippen LogP) is 10.9. The number of nitrogens with zero attached hydrogens (tertiary/aromatic N) is 2. The van der Waals surface area contributed by atoms with E-state index in [4.69, 9.17) is 0 Å². The molecule has 244 valence electrons. The van der Waals surface area contributed by atoms with Gasteiger partial charge >= 0.3 is 6.85 Å². The summed E-state index contributed by atoms with van der Waals surface area (Å²) in [6.07, 6.45) is 0. The average molecular weight is 647 g/mol. The molecule has 0 bridgehead atoms. The average Bonchev–Trinajstić information content (AvgIpc) is 3.32. The minimum atomic E-state index is -0.134. The van der Waals surface area contributed by atoms with Crippen molar-refractivity contribution in [1.82, 2.24) is 0 Å². The van der Waals surface area contributed by atoms with Crippen LogP contribution in [0.3, 0.4) is 0 Å². The zero-order valence-electron chi connectivity index (χ0n) is 30.4. The number of fused-ring (bicyclic) bond motifs is 9. The zero-order chi connectivity index (χ0) is 34.5. The van der Waals surface area contributed by atoms with Gasteiger partial charge in [0, 0.05) is 39.1 Å². The second kappa shape index (κ2) is 9.61. The van der Waals surface area contributed by atoms with Crippen LogP contribution in [0.5, 0.6) is 0 Å². The van der Waals surface area contributed by atoms with E-state index in [1.807, 2.05) is 0 Å². The predicted molar refractivity (Wildman–Crippen MR) is 213 cm³/mol. The molecular weight excluding hydrogens is 603 g/mol. The smallest absolute Gasteiger partial charge is 0.333 e. The third-order valence-corrected chi connectivity index (χ3v) is 12.4. The quantitative estimate of drug-likeness (QED) is 0.164. The van der Waals surface area contributed by atoms with Crippen molar-refractivity contribution >= 4 is 46.2 Å². The molecule has 6 aromatic rings. The molecule has 2 nitrogen and oxygen atoms in total. The fraction of sp³-hybridized carbons (Fsp3) is 0.234. The minimum Gasteiger partial charge on any atom is -0.376 e. The van der Waals surface area contributed by atoms with Crippen LogP contribution in [0, 0.1) is 6.92 Å². The van der Waals surface area contributed by atoms with Crippen molar-refractivity contribution in [3.05, 3.63) is 149 Å². The summed E-state index contributed by atoms with van der Waals surface area (Å²) in [6.45, 7) is 18.8. The van der Waals surface area contributed by atoms with E-state index in [0.29, 0.717) is 0 Å². The van der Waals surface area contributed by atoms with Crippen LogP contribution in [0.4, 0.5) is 28.4 Å². The maximum atomic E-state index is 2.68. The number of rotatable bonds is 1.